The maximum absolute atomic E-state index is 12.1. The highest BCUT2D eigenvalue weighted by Crippen LogP contribution is 2.22. The zero-order valence-corrected chi connectivity index (χ0v) is 15.8. The number of nitrogens with zero attached hydrogens (tertiary/aromatic N) is 7. The van der Waals surface area contributed by atoms with Crippen LogP contribution in [0.3, 0.4) is 0 Å². The Morgan fingerprint density at radius 1 is 1.15 bits per heavy atom. The zero-order valence-electron chi connectivity index (χ0n) is 14.9. The van der Waals surface area contributed by atoms with Gasteiger partial charge in [0, 0.05) is 38.0 Å². The first kappa shape index (κ1) is 17.7. The molecule has 140 valence electrons. The van der Waals surface area contributed by atoms with Crippen LogP contribution in [-0.4, -0.2) is 68.3 Å². The zero-order chi connectivity index (χ0) is 18.6. The van der Waals surface area contributed by atoms with Crippen LogP contribution < -0.4 is 10.5 Å². The Balaban J connectivity index is 1.50. The first-order valence-corrected chi connectivity index (χ1v) is 9.68. The number of aromatic amines is 1. The Morgan fingerprint density at radius 2 is 1.93 bits per heavy atom. The standard InChI is InChI=1S/C17H20N8OS/c1-23-7-9-24(10-8-23)16-18-13(11-15(26)19-16)12-27-17-20-21-22-25(17)14-5-3-2-4-6-14/h2-6,11H,7-10,12H2,1H3,(H,18,19,26). The smallest absolute Gasteiger partial charge is 0.252 e. The van der Waals surface area contributed by atoms with Gasteiger partial charge in [0.15, 0.2) is 0 Å². The van der Waals surface area contributed by atoms with E-state index < -0.39 is 0 Å². The van der Waals surface area contributed by atoms with Crippen molar-refractivity contribution in [2.45, 2.75) is 10.9 Å². The summed E-state index contributed by atoms with van der Waals surface area (Å²) in [4.78, 5) is 23.9. The summed E-state index contributed by atoms with van der Waals surface area (Å²) in [6.07, 6.45) is 0. The molecule has 0 unspecified atom stereocenters. The quantitative estimate of drug-likeness (QED) is 0.645. The summed E-state index contributed by atoms with van der Waals surface area (Å²) >= 11 is 1.45. The van der Waals surface area contributed by atoms with E-state index in [1.54, 1.807) is 4.68 Å². The average molecular weight is 384 g/mol. The number of hydrogen-bond acceptors (Lipinski definition) is 8. The van der Waals surface area contributed by atoms with Crippen molar-refractivity contribution < 1.29 is 0 Å². The number of para-hydroxylation sites is 1. The van der Waals surface area contributed by atoms with E-state index in [0.29, 0.717) is 22.6 Å². The molecule has 1 N–H and O–H groups in total. The van der Waals surface area contributed by atoms with Gasteiger partial charge in [-0.25, -0.2) is 4.98 Å². The maximum atomic E-state index is 12.1. The lowest BCUT2D eigenvalue weighted by atomic mass is 10.3. The van der Waals surface area contributed by atoms with E-state index in [1.165, 1.54) is 17.8 Å². The Hall–Kier alpha value is -2.72. The average Bonchev–Trinajstić information content (AvgIpc) is 3.16. The van der Waals surface area contributed by atoms with E-state index in [1.807, 2.05) is 30.3 Å². The van der Waals surface area contributed by atoms with E-state index in [9.17, 15) is 4.79 Å². The monoisotopic (exact) mass is 384 g/mol. The third-order valence-corrected chi connectivity index (χ3v) is 5.33. The van der Waals surface area contributed by atoms with E-state index in [-0.39, 0.29) is 5.56 Å². The third kappa shape index (κ3) is 4.17. The van der Waals surface area contributed by atoms with Crippen LogP contribution >= 0.6 is 11.8 Å². The number of hydrogen-bond donors (Lipinski definition) is 1. The molecular weight excluding hydrogens is 364 g/mol. The number of likely N-dealkylation sites (N-methyl/N-ethyl adjacent to an activating group) is 1. The predicted molar refractivity (Wildman–Crippen MR) is 103 cm³/mol. The van der Waals surface area contributed by atoms with Gasteiger partial charge in [0.1, 0.15) is 0 Å². The number of rotatable bonds is 5. The van der Waals surface area contributed by atoms with Crippen LogP contribution in [0.15, 0.2) is 46.3 Å². The lowest BCUT2D eigenvalue weighted by Gasteiger charge is -2.32. The van der Waals surface area contributed by atoms with E-state index in [2.05, 4.69) is 42.3 Å². The Kier molecular flexibility index (Phi) is 5.16. The van der Waals surface area contributed by atoms with Gasteiger partial charge in [-0.2, -0.15) is 4.68 Å². The van der Waals surface area contributed by atoms with E-state index >= 15 is 0 Å². The van der Waals surface area contributed by atoms with Gasteiger partial charge < -0.3 is 9.80 Å². The van der Waals surface area contributed by atoms with Gasteiger partial charge in [0.25, 0.3) is 5.56 Å². The molecule has 0 atom stereocenters. The number of nitrogens with one attached hydrogen (secondary N) is 1. The summed E-state index contributed by atoms with van der Waals surface area (Å²) in [6.45, 7) is 3.60. The molecule has 1 aliphatic rings. The first-order chi connectivity index (χ1) is 13.2. The molecule has 0 bridgehead atoms. The van der Waals surface area contributed by atoms with Crippen LogP contribution in [0, 0.1) is 0 Å². The van der Waals surface area contributed by atoms with Crippen molar-refractivity contribution in [2.75, 3.05) is 38.1 Å². The molecule has 2 aromatic heterocycles. The summed E-state index contributed by atoms with van der Waals surface area (Å²) in [5, 5.41) is 12.6. The highest BCUT2D eigenvalue weighted by Gasteiger charge is 2.17. The number of piperazine rings is 1. The van der Waals surface area contributed by atoms with Gasteiger partial charge in [-0.15, -0.1) is 5.10 Å². The molecule has 4 rings (SSSR count). The molecule has 9 nitrogen and oxygen atoms in total. The highest BCUT2D eigenvalue weighted by atomic mass is 32.2. The fraction of sp³-hybridized carbons (Fsp3) is 0.353. The number of tetrazole rings is 1. The summed E-state index contributed by atoms with van der Waals surface area (Å²) in [5.41, 5.74) is 1.46. The van der Waals surface area contributed by atoms with Gasteiger partial charge >= 0.3 is 0 Å². The van der Waals surface area contributed by atoms with Crippen molar-refractivity contribution in [1.82, 2.24) is 35.1 Å². The highest BCUT2D eigenvalue weighted by molar-refractivity contribution is 7.98. The number of H-pyrrole nitrogens is 1. The molecule has 0 aliphatic carbocycles. The second-order valence-corrected chi connectivity index (χ2v) is 7.29. The summed E-state index contributed by atoms with van der Waals surface area (Å²) in [7, 11) is 2.09. The molecule has 1 aromatic carbocycles. The SMILES string of the molecule is CN1CCN(c2nc(CSc3nnnn3-c3ccccc3)cc(=O)[nH]2)CC1. The first-order valence-electron chi connectivity index (χ1n) is 8.69. The predicted octanol–water partition coefficient (Wildman–Crippen LogP) is 0.790. The molecule has 0 spiro atoms. The lowest BCUT2D eigenvalue weighted by molar-refractivity contribution is 0.311. The Labute approximate surface area is 160 Å². The van der Waals surface area contributed by atoms with Crippen LogP contribution in [0.1, 0.15) is 5.69 Å². The van der Waals surface area contributed by atoms with Gasteiger partial charge in [-0.3, -0.25) is 9.78 Å². The van der Waals surface area contributed by atoms with Crippen LogP contribution in [-0.2, 0) is 5.75 Å². The Bertz CT molecular complexity index is 949. The van der Waals surface area contributed by atoms with Crippen molar-refractivity contribution in [3.63, 3.8) is 0 Å². The number of anilines is 1. The molecule has 1 fully saturated rings. The topological polar surface area (TPSA) is 95.8 Å². The van der Waals surface area contributed by atoms with Gasteiger partial charge in [0.05, 0.1) is 11.4 Å². The molecule has 1 saturated heterocycles. The fourth-order valence-electron chi connectivity index (χ4n) is 2.87. The van der Waals surface area contributed by atoms with E-state index in [4.69, 9.17) is 0 Å². The molecule has 0 amide bonds. The minimum absolute atomic E-state index is 0.142. The second-order valence-electron chi connectivity index (χ2n) is 6.35. The van der Waals surface area contributed by atoms with Gasteiger partial charge in [0.2, 0.25) is 11.1 Å². The normalized spacial score (nSPS) is 15.2. The maximum Gasteiger partial charge on any atom is 0.252 e. The summed E-state index contributed by atoms with van der Waals surface area (Å²) < 4.78 is 1.68. The fourth-order valence-corrected chi connectivity index (χ4v) is 3.66. The van der Waals surface area contributed by atoms with Gasteiger partial charge in [-0.05, 0) is 29.6 Å². The van der Waals surface area contributed by atoms with Crippen molar-refractivity contribution in [1.29, 1.82) is 0 Å². The van der Waals surface area contributed by atoms with Crippen LogP contribution in [0.5, 0.6) is 0 Å². The number of aromatic nitrogens is 6. The van der Waals surface area contributed by atoms with Crippen LogP contribution in [0.25, 0.3) is 5.69 Å². The van der Waals surface area contributed by atoms with Gasteiger partial charge in [-0.1, -0.05) is 30.0 Å². The molecule has 0 radical (unpaired) electrons. The van der Waals surface area contributed by atoms with Crippen molar-refractivity contribution >= 4 is 17.7 Å². The molecule has 27 heavy (non-hydrogen) atoms. The summed E-state index contributed by atoms with van der Waals surface area (Å²) in [5.74, 6) is 1.14. The molecule has 1 aliphatic heterocycles. The largest absolute Gasteiger partial charge is 0.340 e. The van der Waals surface area contributed by atoms with Crippen LogP contribution in [0.2, 0.25) is 0 Å². The molecule has 3 heterocycles. The number of benzene rings is 1. The van der Waals surface area contributed by atoms with Crippen molar-refractivity contribution in [2.24, 2.45) is 0 Å². The third-order valence-electron chi connectivity index (χ3n) is 4.38. The molecule has 3 aromatic rings. The molecular formula is C17H20N8OS. The molecule has 0 saturated carbocycles. The van der Waals surface area contributed by atoms with Crippen molar-refractivity contribution in [3.05, 3.63) is 52.4 Å². The van der Waals surface area contributed by atoms with E-state index in [0.717, 1.165) is 31.9 Å². The number of thioether (sulfide) groups is 1. The minimum atomic E-state index is -0.142. The lowest BCUT2D eigenvalue weighted by Crippen LogP contribution is -2.45. The van der Waals surface area contributed by atoms with Crippen molar-refractivity contribution in [3.8, 4) is 5.69 Å². The van der Waals surface area contributed by atoms with Crippen LogP contribution in [0.4, 0.5) is 5.95 Å². The Morgan fingerprint density at radius 3 is 2.70 bits per heavy atom. The second kappa shape index (κ2) is 7.89. The summed E-state index contributed by atoms with van der Waals surface area (Å²) in [6, 6.07) is 11.2. The molecule has 10 heteroatoms. The minimum Gasteiger partial charge on any atom is -0.340 e.